The molecule has 0 bridgehead atoms. The zero-order chi connectivity index (χ0) is 15.9. The van der Waals surface area contributed by atoms with Crippen LogP contribution in [0.15, 0.2) is 0 Å². The van der Waals surface area contributed by atoms with Crippen LogP contribution >= 0.6 is 0 Å². The smallest absolute Gasteiger partial charge is 0.248 e. The number of nitrogens with zero attached hydrogens (tertiary/aromatic N) is 2. The van der Waals surface area contributed by atoms with Crippen molar-refractivity contribution in [3.05, 3.63) is 0 Å². The third kappa shape index (κ3) is 2.86. The summed E-state index contributed by atoms with van der Waals surface area (Å²) in [6, 6.07) is 0. The molecule has 6 heteroatoms. The highest BCUT2D eigenvalue weighted by Gasteiger charge is 2.56. The third-order valence-electron chi connectivity index (χ3n) is 5.30. The maximum atomic E-state index is 12.2. The van der Waals surface area contributed by atoms with Crippen molar-refractivity contribution in [3.63, 3.8) is 0 Å². The topological polar surface area (TPSA) is 59.1 Å². The van der Waals surface area contributed by atoms with E-state index in [4.69, 9.17) is 9.47 Å². The summed E-state index contributed by atoms with van der Waals surface area (Å²) >= 11 is 0. The lowest BCUT2D eigenvalue weighted by molar-refractivity contribution is -0.170. The van der Waals surface area contributed by atoms with Gasteiger partial charge in [-0.1, -0.05) is 6.92 Å². The summed E-state index contributed by atoms with van der Waals surface area (Å²) in [5.74, 6) is 1.33. The van der Waals surface area contributed by atoms with Gasteiger partial charge in [-0.3, -0.25) is 9.59 Å². The summed E-state index contributed by atoms with van der Waals surface area (Å²) < 4.78 is 11.5. The summed E-state index contributed by atoms with van der Waals surface area (Å²) in [5.41, 5.74) is -0.227. The van der Waals surface area contributed by atoms with Crippen LogP contribution < -0.4 is 0 Å². The van der Waals surface area contributed by atoms with Gasteiger partial charge in [0.15, 0.2) is 0 Å². The molecule has 2 heterocycles. The van der Waals surface area contributed by atoms with E-state index in [0.29, 0.717) is 25.6 Å². The minimum Gasteiger partial charge on any atom is -0.371 e. The van der Waals surface area contributed by atoms with E-state index in [-0.39, 0.29) is 35.9 Å². The van der Waals surface area contributed by atoms with Crippen LogP contribution in [0.4, 0.5) is 0 Å². The van der Waals surface area contributed by atoms with Crippen molar-refractivity contribution in [2.75, 3.05) is 47.0 Å². The Hall–Kier alpha value is -1.14. The first-order chi connectivity index (χ1) is 10.4. The van der Waals surface area contributed by atoms with Crippen LogP contribution in [0.3, 0.4) is 0 Å². The van der Waals surface area contributed by atoms with Gasteiger partial charge in [-0.25, -0.2) is 0 Å². The Kier molecular flexibility index (Phi) is 4.16. The van der Waals surface area contributed by atoms with Crippen molar-refractivity contribution in [1.82, 2.24) is 9.80 Å². The van der Waals surface area contributed by atoms with Crippen molar-refractivity contribution >= 4 is 11.8 Å². The number of carbonyl (C=O) groups is 2. The van der Waals surface area contributed by atoms with Crippen molar-refractivity contribution in [3.8, 4) is 0 Å². The maximum Gasteiger partial charge on any atom is 0.248 e. The SMILES string of the molecule is C[C@@H]1C[C@@H]1C(=O)N1CC2(C1)OCC[C@@H]2COCC(=O)N(C)C. The molecule has 1 spiro atoms. The van der Waals surface area contributed by atoms with Gasteiger partial charge in [0.05, 0.1) is 19.7 Å². The van der Waals surface area contributed by atoms with Gasteiger partial charge in [-0.05, 0) is 18.8 Å². The molecule has 0 unspecified atom stereocenters. The zero-order valence-corrected chi connectivity index (χ0v) is 13.7. The summed E-state index contributed by atoms with van der Waals surface area (Å²) in [4.78, 5) is 27.2. The molecule has 3 fully saturated rings. The Labute approximate surface area is 131 Å². The van der Waals surface area contributed by atoms with Crippen LogP contribution in [0.5, 0.6) is 0 Å². The van der Waals surface area contributed by atoms with Gasteiger partial charge < -0.3 is 19.3 Å². The molecule has 0 radical (unpaired) electrons. The molecule has 0 aromatic rings. The minimum atomic E-state index is -0.227. The number of hydrogen-bond donors (Lipinski definition) is 0. The van der Waals surface area contributed by atoms with E-state index in [1.807, 2.05) is 4.90 Å². The lowest BCUT2D eigenvalue weighted by Gasteiger charge is -2.50. The minimum absolute atomic E-state index is 0.0268. The van der Waals surface area contributed by atoms with E-state index < -0.39 is 0 Å². The first-order valence-corrected chi connectivity index (χ1v) is 8.13. The van der Waals surface area contributed by atoms with E-state index in [0.717, 1.165) is 19.4 Å². The largest absolute Gasteiger partial charge is 0.371 e. The fourth-order valence-electron chi connectivity index (χ4n) is 3.44. The Morgan fingerprint density at radius 1 is 1.36 bits per heavy atom. The highest BCUT2D eigenvalue weighted by Crippen LogP contribution is 2.45. The van der Waals surface area contributed by atoms with Crippen LogP contribution in [0, 0.1) is 17.8 Å². The number of ether oxygens (including phenoxy) is 2. The fourth-order valence-corrected chi connectivity index (χ4v) is 3.44. The Bertz CT molecular complexity index is 459. The molecule has 22 heavy (non-hydrogen) atoms. The molecule has 2 amide bonds. The molecule has 3 atom stereocenters. The number of likely N-dealkylation sites (N-methyl/N-ethyl adjacent to an activating group) is 1. The number of likely N-dealkylation sites (tertiary alicyclic amines) is 1. The Morgan fingerprint density at radius 2 is 2.05 bits per heavy atom. The Balaban J connectivity index is 1.46. The van der Waals surface area contributed by atoms with Crippen LogP contribution in [0.2, 0.25) is 0 Å². The standard InChI is InChI=1S/C16H26N2O4/c1-11-6-13(11)15(20)18-9-16(10-18)12(4-5-22-16)7-21-8-14(19)17(2)3/h11-13H,4-10H2,1-3H3/t11-,12-,13+/m1/s1. The fraction of sp³-hybridized carbons (Fsp3) is 0.875. The molecule has 1 aliphatic carbocycles. The highest BCUT2D eigenvalue weighted by molar-refractivity contribution is 5.82. The number of carbonyl (C=O) groups excluding carboxylic acids is 2. The van der Waals surface area contributed by atoms with Gasteiger partial charge in [0.1, 0.15) is 12.2 Å². The predicted molar refractivity (Wildman–Crippen MR) is 80.2 cm³/mol. The molecular formula is C16H26N2O4. The first-order valence-electron chi connectivity index (χ1n) is 8.13. The highest BCUT2D eigenvalue weighted by atomic mass is 16.5. The molecule has 0 N–H and O–H groups in total. The predicted octanol–water partition coefficient (Wildman–Crippen LogP) is 0.365. The van der Waals surface area contributed by atoms with Crippen LogP contribution in [-0.4, -0.2) is 74.2 Å². The van der Waals surface area contributed by atoms with Gasteiger partial charge in [0, 0.05) is 32.5 Å². The van der Waals surface area contributed by atoms with E-state index in [1.54, 1.807) is 14.1 Å². The molecule has 2 saturated heterocycles. The first kappa shape index (κ1) is 15.7. The van der Waals surface area contributed by atoms with Gasteiger partial charge in [0.2, 0.25) is 11.8 Å². The number of amides is 2. The van der Waals surface area contributed by atoms with Gasteiger partial charge in [-0.15, -0.1) is 0 Å². The average Bonchev–Trinajstić information content (AvgIpc) is 3.00. The zero-order valence-electron chi connectivity index (χ0n) is 13.7. The molecule has 0 aromatic carbocycles. The van der Waals surface area contributed by atoms with E-state index >= 15 is 0 Å². The molecule has 3 aliphatic rings. The second-order valence-corrected chi connectivity index (χ2v) is 7.22. The van der Waals surface area contributed by atoms with E-state index in [2.05, 4.69) is 6.92 Å². The summed E-state index contributed by atoms with van der Waals surface area (Å²) in [6.07, 6.45) is 1.97. The van der Waals surface area contributed by atoms with Gasteiger partial charge in [0.25, 0.3) is 0 Å². The average molecular weight is 310 g/mol. The van der Waals surface area contributed by atoms with Gasteiger partial charge >= 0.3 is 0 Å². The molecule has 1 saturated carbocycles. The molecule has 2 aliphatic heterocycles. The number of hydrogen-bond acceptors (Lipinski definition) is 4. The van der Waals surface area contributed by atoms with E-state index in [9.17, 15) is 9.59 Å². The summed E-state index contributed by atoms with van der Waals surface area (Å²) in [6.45, 7) is 4.86. The normalized spacial score (nSPS) is 32.0. The van der Waals surface area contributed by atoms with Crippen molar-refractivity contribution < 1.29 is 19.1 Å². The number of rotatable bonds is 5. The van der Waals surface area contributed by atoms with Crippen LogP contribution in [-0.2, 0) is 19.1 Å². The lowest BCUT2D eigenvalue weighted by Crippen LogP contribution is -2.67. The lowest BCUT2D eigenvalue weighted by atomic mass is 9.81. The van der Waals surface area contributed by atoms with E-state index in [1.165, 1.54) is 4.90 Å². The monoisotopic (exact) mass is 310 g/mol. The molecule has 3 rings (SSSR count). The van der Waals surface area contributed by atoms with Crippen molar-refractivity contribution in [1.29, 1.82) is 0 Å². The van der Waals surface area contributed by atoms with Crippen molar-refractivity contribution in [2.45, 2.75) is 25.4 Å². The quantitative estimate of drug-likeness (QED) is 0.736. The van der Waals surface area contributed by atoms with Crippen LogP contribution in [0.25, 0.3) is 0 Å². The second kappa shape index (κ2) is 5.81. The second-order valence-electron chi connectivity index (χ2n) is 7.22. The van der Waals surface area contributed by atoms with Crippen molar-refractivity contribution in [2.24, 2.45) is 17.8 Å². The molecule has 0 aromatic heterocycles. The molecule has 6 nitrogen and oxygen atoms in total. The summed E-state index contributed by atoms with van der Waals surface area (Å²) in [7, 11) is 3.44. The maximum absolute atomic E-state index is 12.2. The molecular weight excluding hydrogens is 284 g/mol. The van der Waals surface area contributed by atoms with Gasteiger partial charge in [-0.2, -0.15) is 0 Å². The van der Waals surface area contributed by atoms with Crippen LogP contribution in [0.1, 0.15) is 19.8 Å². The third-order valence-corrected chi connectivity index (χ3v) is 5.30. The molecule has 124 valence electrons. The Morgan fingerprint density at radius 3 is 2.64 bits per heavy atom. The summed E-state index contributed by atoms with van der Waals surface area (Å²) in [5, 5.41) is 0.